The Hall–Kier alpha value is -1.69. The Morgan fingerprint density at radius 3 is 2.89 bits per heavy atom. The van der Waals surface area contributed by atoms with Crippen LogP contribution in [0.1, 0.15) is 12.5 Å². The van der Waals surface area contributed by atoms with Crippen molar-refractivity contribution in [2.45, 2.75) is 18.6 Å². The van der Waals surface area contributed by atoms with E-state index in [9.17, 15) is 0 Å². The van der Waals surface area contributed by atoms with Crippen LogP contribution in [-0.4, -0.2) is 29.8 Å². The maximum absolute atomic E-state index is 5.08. The van der Waals surface area contributed by atoms with E-state index in [4.69, 9.17) is 4.42 Å². The second kappa shape index (κ2) is 6.47. The highest BCUT2D eigenvalue weighted by Gasteiger charge is 2.09. The van der Waals surface area contributed by atoms with Crippen LogP contribution in [-0.2, 0) is 6.54 Å². The average Bonchev–Trinajstić information content (AvgIpc) is 2.91. The molecular weight excluding hydrogens is 260 g/mol. The van der Waals surface area contributed by atoms with Crippen molar-refractivity contribution in [1.29, 1.82) is 0 Å². The van der Waals surface area contributed by atoms with Crippen LogP contribution >= 0.6 is 11.8 Å². The fourth-order valence-corrected chi connectivity index (χ4v) is 2.08. The van der Waals surface area contributed by atoms with E-state index in [1.165, 1.54) is 0 Å². The van der Waals surface area contributed by atoms with Crippen LogP contribution in [0.2, 0.25) is 0 Å². The van der Waals surface area contributed by atoms with Gasteiger partial charge in [0.05, 0.1) is 12.5 Å². The fraction of sp³-hybridized carbons (Fsp3) is 0.385. The third kappa shape index (κ3) is 3.64. The summed E-state index contributed by atoms with van der Waals surface area (Å²) in [6, 6.07) is 3.92. The van der Waals surface area contributed by atoms with Crippen molar-refractivity contribution < 1.29 is 4.42 Å². The number of rotatable bonds is 6. The molecule has 5 nitrogen and oxygen atoms in total. The van der Waals surface area contributed by atoms with E-state index in [2.05, 4.69) is 27.1 Å². The molecule has 0 unspecified atom stereocenters. The van der Waals surface area contributed by atoms with Crippen molar-refractivity contribution in [3.05, 3.63) is 30.2 Å². The maximum Gasteiger partial charge on any atom is 0.191 e. The van der Waals surface area contributed by atoms with Gasteiger partial charge in [-0.25, -0.2) is 9.97 Å². The minimum Gasteiger partial charge on any atom is -0.472 e. The molecule has 1 N–H and O–H groups in total. The van der Waals surface area contributed by atoms with Crippen molar-refractivity contribution in [1.82, 2.24) is 9.97 Å². The first kappa shape index (κ1) is 13.7. The van der Waals surface area contributed by atoms with Crippen molar-refractivity contribution in [2.24, 2.45) is 0 Å². The lowest BCUT2D eigenvalue weighted by atomic mass is 10.3. The molecule has 0 aliphatic rings. The van der Waals surface area contributed by atoms with Crippen molar-refractivity contribution in [3.8, 4) is 0 Å². The molecule has 0 amide bonds. The fourth-order valence-electron chi connectivity index (χ4n) is 1.71. The summed E-state index contributed by atoms with van der Waals surface area (Å²) >= 11 is 1.54. The Bertz CT molecular complexity index is 515. The molecule has 0 radical (unpaired) electrons. The van der Waals surface area contributed by atoms with Crippen LogP contribution in [0.4, 0.5) is 11.6 Å². The molecule has 2 aromatic rings. The monoisotopic (exact) mass is 278 g/mol. The van der Waals surface area contributed by atoms with Crippen LogP contribution in [0, 0.1) is 0 Å². The molecule has 2 rings (SSSR count). The number of thioether (sulfide) groups is 1. The Morgan fingerprint density at radius 2 is 2.26 bits per heavy atom. The summed E-state index contributed by atoms with van der Waals surface area (Å²) in [5.74, 6) is 1.76. The number of nitrogens with one attached hydrogen (secondary N) is 1. The van der Waals surface area contributed by atoms with E-state index >= 15 is 0 Å². The van der Waals surface area contributed by atoms with Crippen LogP contribution in [0.5, 0.6) is 0 Å². The van der Waals surface area contributed by atoms with Crippen molar-refractivity contribution >= 4 is 23.4 Å². The van der Waals surface area contributed by atoms with Crippen molar-refractivity contribution in [3.63, 3.8) is 0 Å². The molecular formula is C13H18N4OS. The van der Waals surface area contributed by atoms with E-state index in [1.807, 2.05) is 25.4 Å². The minimum atomic E-state index is 0.757. The average molecular weight is 278 g/mol. The number of anilines is 2. The first-order valence-electron chi connectivity index (χ1n) is 6.12. The van der Waals surface area contributed by atoms with Gasteiger partial charge in [0.2, 0.25) is 0 Å². The second-order valence-electron chi connectivity index (χ2n) is 4.12. The molecule has 6 heteroatoms. The summed E-state index contributed by atoms with van der Waals surface area (Å²) in [7, 11) is 2.01. The quantitative estimate of drug-likeness (QED) is 0.648. The summed E-state index contributed by atoms with van der Waals surface area (Å²) in [6.07, 6.45) is 5.41. The summed E-state index contributed by atoms with van der Waals surface area (Å²) in [6.45, 7) is 3.65. The molecule has 0 aromatic carbocycles. The molecule has 0 aliphatic carbocycles. The molecule has 19 heavy (non-hydrogen) atoms. The first-order valence-corrected chi connectivity index (χ1v) is 7.34. The zero-order valence-corrected chi connectivity index (χ0v) is 12.2. The third-order valence-electron chi connectivity index (χ3n) is 2.62. The molecule has 0 atom stereocenters. The zero-order chi connectivity index (χ0) is 13.7. The largest absolute Gasteiger partial charge is 0.472 e. The van der Waals surface area contributed by atoms with Gasteiger partial charge >= 0.3 is 0 Å². The highest BCUT2D eigenvalue weighted by molar-refractivity contribution is 7.98. The molecule has 2 aromatic heterocycles. The van der Waals surface area contributed by atoms with Crippen molar-refractivity contribution in [2.75, 3.05) is 30.1 Å². The van der Waals surface area contributed by atoms with E-state index in [1.54, 1.807) is 24.3 Å². The molecule has 0 aliphatic heterocycles. The van der Waals surface area contributed by atoms with Crippen LogP contribution in [0.3, 0.4) is 0 Å². The first-order chi connectivity index (χ1) is 9.22. The van der Waals surface area contributed by atoms with Gasteiger partial charge in [0.1, 0.15) is 11.6 Å². The zero-order valence-electron chi connectivity index (χ0n) is 11.4. The predicted molar refractivity (Wildman–Crippen MR) is 78.8 cm³/mol. The molecule has 0 spiro atoms. The molecule has 2 heterocycles. The van der Waals surface area contributed by atoms with Gasteiger partial charge in [-0.1, -0.05) is 11.8 Å². The topological polar surface area (TPSA) is 54.2 Å². The number of nitrogens with zero attached hydrogens (tertiary/aromatic N) is 3. The Balaban J connectivity index is 2.19. The summed E-state index contributed by atoms with van der Waals surface area (Å²) < 4.78 is 5.08. The smallest absolute Gasteiger partial charge is 0.191 e. The lowest BCUT2D eigenvalue weighted by Crippen LogP contribution is -2.18. The van der Waals surface area contributed by atoms with Gasteiger partial charge in [-0.2, -0.15) is 0 Å². The molecule has 0 saturated carbocycles. The predicted octanol–water partition coefficient (Wildman–Crippen LogP) is 2.86. The summed E-state index contributed by atoms with van der Waals surface area (Å²) in [5, 5.41) is 4.00. The lowest BCUT2D eigenvalue weighted by Gasteiger charge is -2.18. The van der Waals surface area contributed by atoms with Gasteiger partial charge in [-0.05, 0) is 19.2 Å². The molecule has 0 saturated heterocycles. The normalized spacial score (nSPS) is 10.5. The Labute approximate surface area is 117 Å². The van der Waals surface area contributed by atoms with E-state index < -0.39 is 0 Å². The minimum absolute atomic E-state index is 0.757. The van der Waals surface area contributed by atoms with Crippen LogP contribution in [0.25, 0.3) is 0 Å². The summed E-state index contributed by atoms with van der Waals surface area (Å²) in [4.78, 5) is 11.0. The van der Waals surface area contributed by atoms with Crippen LogP contribution in [0.15, 0.2) is 34.2 Å². The SMILES string of the molecule is CCNc1cc(N(C)Cc2ccoc2)nc(SC)n1. The molecule has 0 bridgehead atoms. The van der Waals surface area contributed by atoms with Crippen LogP contribution < -0.4 is 10.2 Å². The standard InChI is InChI=1S/C13H18N4OS/c1-4-14-11-7-12(16-13(15-11)19-3)17(2)8-10-5-6-18-9-10/h5-7,9H,4,8H2,1-3H3,(H,14,15,16). The number of hydrogen-bond acceptors (Lipinski definition) is 6. The number of hydrogen-bond donors (Lipinski definition) is 1. The second-order valence-corrected chi connectivity index (χ2v) is 4.89. The molecule has 0 fully saturated rings. The molecule has 102 valence electrons. The number of furan rings is 1. The Kier molecular flexibility index (Phi) is 4.68. The van der Waals surface area contributed by atoms with Gasteiger partial charge in [-0.3, -0.25) is 0 Å². The van der Waals surface area contributed by atoms with Gasteiger partial charge < -0.3 is 14.6 Å². The highest BCUT2D eigenvalue weighted by Crippen LogP contribution is 2.20. The van der Waals surface area contributed by atoms with E-state index in [0.717, 1.165) is 35.4 Å². The lowest BCUT2D eigenvalue weighted by molar-refractivity contribution is 0.563. The van der Waals surface area contributed by atoms with Gasteiger partial charge in [0.25, 0.3) is 0 Å². The maximum atomic E-state index is 5.08. The highest BCUT2D eigenvalue weighted by atomic mass is 32.2. The van der Waals surface area contributed by atoms with E-state index in [-0.39, 0.29) is 0 Å². The van der Waals surface area contributed by atoms with Gasteiger partial charge in [0.15, 0.2) is 5.16 Å². The summed E-state index contributed by atoms with van der Waals surface area (Å²) in [5.41, 5.74) is 1.12. The third-order valence-corrected chi connectivity index (χ3v) is 3.17. The van der Waals surface area contributed by atoms with Gasteiger partial charge in [-0.15, -0.1) is 0 Å². The van der Waals surface area contributed by atoms with Gasteiger partial charge in [0, 0.05) is 31.8 Å². The Morgan fingerprint density at radius 1 is 1.42 bits per heavy atom. The van der Waals surface area contributed by atoms with E-state index in [0.29, 0.717) is 0 Å². The number of aromatic nitrogens is 2.